The Balaban J connectivity index is 0. The van der Waals surface area contributed by atoms with Crippen LogP contribution in [0.3, 0.4) is 0 Å². The van der Waals surface area contributed by atoms with E-state index in [2.05, 4.69) is 0 Å². The Bertz CT molecular complexity index is 89.4. The molecule has 0 aromatic carbocycles. The molecule has 0 spiro atoms. The smallest absolute Gasteiger partial charge is 0.255 e. The van der Waals surface area contributed by atoms with Crippen molar-refractivity contribution < 1.29 is 21.8 Å². The molecule has 0 N–H and O–H groups in total. The fourth-order valence-corrected chi connectivity index (χ4v) is 0.141. The molecule has 0 aliphatic rings. The number of carbonyl (C=O) groups excluding carboxylic acids is 1. The molecule has 0 aliphatic carbocycles. The van der Waals surface area contributed by atoms with Crippen LogP contribution in [0.2, 0.25) is 0 Å². The fraction of sp³-hybridized carbons (Fsp3) is 0.800. The van der Waals surface area contributed by atoms with Gasteiger partial charge in [0.25, 0.3) is 6.41 Å². The summed E-state index contributed by atoms with van der Waals surface area (Å²) in [6.07, 6.45) is 0.806. The lowest BCUT2D eigenvalue weighted by Gasteiger charge is -2.29. The van der Waals surface area contributed by atoms with Gasteiger partial charge in [-0.1, -0.05) is 0 Å². The van der Waals surface area contributed by atoms with Crippen LogP contribution in [0.15, 0.2) is 0 Å². The highest BCUT2D eigenvalue weighted by atomic mass is 35.5. The van der Waals surface area contributed by atoms with Crippen molar-refractivity contribution in [2.24, 2.45) is 0 Å². The summed E-state index contributed by atoms with van der Waals surface area (Å²) in [4.78, 5) is 10.1. The fourth-order valence-electron chi connectivity index (χ4n) is 0.141. The quantitative estimate of drug-likeness (QED) is 0.231. The average molecular weight is 153 g/mol. The first kappa shape index (κ1) is 11.5. The molecule has 0 heterocycles. The second kappa shape index (κ2) is 3.69. The minimum absolute atomic E-state index is 0. The zero-order chi connectivity index (χ0) is 6.78. The van der Waals surface area contributed by atoms with E-state index < -0.39 is 0 Å². The van der Waals surface area contributed by atoms with E-state index in [4.69, 9.17) is 0 Å². The Hall–Kier alpha value is -0.280. The Morgan fingerprint density at radius 3 is 1.67 bits per heavy atom. The number of halogens is 1. The summed E-state index contributed by atoms with van der Waals surface area (Å²) in [5.41, 5.74) is 0. The normalized spacial score (nSPS) is 9.78. The first-order valence-electron chi connectivity index (χ1n) is 2.48. The van der Waals surface area contributed by atoms with Crippen LogP contribution in [0.25, 0.3) is 0 Å². The highest BCUT2D eigenvalue weighted by Crippen LogP contribution is 1.90. The van der Waals surface area contributed by atoms with Crippen LogP contribution >= 0.6 is 0 Å². The average Bonchev–Trinajstić information content (AvgIpc) is 1.62. The molecule has 0 bridgehead atoms. The van der Waals surface area contributed by atoms with Gasteiger partial charge in [0, 0.05) is 0 Å². The van der Waals surface area contributed by atoms with Gasteiger partial charge in [-0.25, -0.2) is 4.59 Å². The molecule has 3 nitrogen and oxygen atoms in total. The summed E-state index contributed by atoms with van der Waals surface area (Å²) >= 11 is 0. The number of quaternary nitrogens is 1. The van der Waals surface area contributed by atoms with E-state index in [9.17, 15) is 4.79 Å². The second-order valence-corrected chi connectivity index (χ2v) is 2.62. The van der Waals surface area contributed by atoms with E-state index >= 15 is 0 Å². The molecular formula is C5H13ClN2O. The lowest BCUT2D eigenvalue weighted by molar-refractivity contribution is -0.969. The standard InChI is InChI=1S/C5H13N2O.ClH/c1-6(5-8)7(2,3)4;/h5H,1-4H3;1H/q+1;/p-1. The summed E-state index contributed by atoms with van der Waals surface area (Å²) in [7, 11) is 7.52. The SMILES string of the molecule is CN(C=O)[N+](C)(C)C.[Cl-]. The van der Waals surface area contributed by atoms with Crippen molar-refractivity contribution in [1.82, 2.24) is 5.01 Å². The van der Waals surface area contributed by atoms with Gasteiger partial charge in [0.2, 0.25) is 0 Å². The molecule has 0 saturated carbocycles. The van der Waals surface area contributed by atoms with Gasteiger partial charge in [0.15, 0.2) is 0 Å². The van der Waals surface area contributed by atoms with E-state index in [0.29, 0.717) is 4.59 Å². The zero-order valence-electron chi connectivity index (χ0n) is 6.26. The van der Waals surface area contributed by atoms with Crippen LogP contribution in [0.4, 0.5) is 0 Å². The highest BCUT2D eigenvalue weighted by molar-refractivity contribution is 5.44. The predicted molar refractivity (Wildman–Crippen MR) is 31.9 cm³/mol. The van der Waals surface area contributed by atoms with Crippen LogP contribution in [0.1, 0.15) is 0 Å². The minimum atomic E-state index is 0. The summed E-state index contributed by atoms with van der Waals surface area (Å²) in [6, 6.07) is 0. The van der Waals surface area contributed by atoms with Crippen molar-refractivity contribution in [2.75, 3.05) is 28.2 Å². The van der Waals surface area contributed by atoms with E-state index in [1.165, 1.54) is 0 Å². The number of hydrogen-bond acceptors (Lipinski definition) is 1. The third-order valence-corrected chi connectivity index (χ3v) is 1.10. The van der Waals surface area contributed by atoms with Crippen LogP contribution in [0.5, 0.6) is 0 Å². The lowest BCUT2D eigenvalue weighted by atomic mass is 10.8. The summed E-state index contributed by atoms with van der Waals surface area (Å²) in [6.45, 7) is 0. The van der Waals surface area contributed by atoms with Crippen LogP contribution in [-0.4, -0.2) is 44.2 Å². The highest BCUT2D eigenvalue weighted by Gasteiger charge is 2.11. The molecule has 0 unspecified atom stereocenters. The monoisotopic (exact) mass is 152 g/mol. The van der Waals surface area contributed by atoms with Crippen molar-refractivity contribution in [1.29, 1.82) is 0 Å². The van der Waals surface area contributed by atoms with Crippen LogP contribution < -0.4 is 12.4 Å². The van der Waals surface area contributed by atoms with E-state index in [1.54, 1.807) is 12.1 Å². The number of rotatable bonds is 2. The molecule has 0 aromatic rings. The van der Waals surface area contributed by atoms with Gasteiger partial charge in [0.05, 0.1) is 28.2 Å². The van der Waals surface area contributed by atoms with Gasteiger partial charge in [-0.15, -0.1) is 0 Å². The zero-order valence-corrected chi connectivity index (χ0v) is 7.01. The van der Waals surface area contributed by atoms with Crippen molar-refractivity contribution in [2.45, 2.75) is 0 Å². The molecule has 0 aliphatic heterocycles. The number of amides is 1. The Labute approximate surface area is 62.2 Å². The summed E-state index contributed by atoms with van der Waals surface area (Å²) in [5, 5.41) is 1.57. The van der Waals surface area contributed by atoms with Gasteiger partial charge < -0.3 is 12.4 Å². The minimum Gasteiger partial charge on any atom is -1.00 e. The van der Waals surface area contributed by atoms with Gasteiger partial charge in [0.1, 0.15) is 0 Å². The van der Waals surface area contributed by atoms with E-state index in [1.807, 2.05) is 21.1 Å². The Kier molecular flexibility index (Phi) is 4.72. The Morgan fingerprint density at radius 1 is 1.33 bits per heavy atom. The maximum Gasteiger partial charge on any atom is 0.255 e. The van der Waals surface area contributed by atoms with Crippen LogP contribution in [0, 0.1) is 0 Å². The molecule has 0 atom stereocenters. The number of nitrogens with zero attached hydrogens (tertiary/aromatic N) is 2. The van der Waals surface area contributed by atoms with E-state index in [0.717, 1.165) is 6.41 Å². The molecule has 0 fully saturated rings. The largest absolute Gasteiger partial charge is 1.00 e. The van der Waals surface area contributed by atoms with E-state index in [-0.39, 0.29) is 12.4 Å². The maximum absolute atomic E-state index is 10.1. The van der Waals surface area contributed by atoms with Crippen molar-refractivity contribution in [3.63, 3.8) is 0 Å². The maximum atomic E-state index is 10.1. The molecule has 0 aromatic heterocycles. The number of hydrogen-bond donors (Lipinski definition) is 0. The van der Waals surface area contributed by atoms with Crippen molar-refractivity contribution in [3.05, 3.63) is 0 Å². The van der Waals surface area contributed by atoms with Gasteiger partial charge in [-0.05, 0) is 0 Å². The predicted octanol–water partition coefficient (Wildman–Crippen LogP) is -3.30. The molecule has 0 saturated heterocycles. The molecule has 56 valence electrons. The molecule has 9 heavy (non-hydrogen) atoms. The first-order chi connectivity index (χ1) is 3.48. The van der Waals surface area contributed by atoms with Crippen molar-refractivity contribution >= 4 is 6.41 Å². The molecular weight excluding hydrogens is 140 g/mol. The third-order valence-electron chi connectivity index (χ3n) is 1.10. The second-order valence-electron chi connectivity index (χ2n) is 2.62. The summed E-state index contributed by atoms with van der Waals surface area (Å²) in [5.74, 6) is 0. The van der Waals surface area contributed by atoms with Crippen molar-refractivity contribution in [3.8, 4) is 0 Å². The van der Waals surface area contributed by atoms with Crippen LogP contribution in [-0.2, 0) is 4.79 Å². The first-order valence-corrected chi connectivity index (χ1v) is 2.48. The Morgan fingerprint density at radius 2 is 1.67 bits per heavy atom. The topological polar surface area (TPSA) is 20.3 Å². The lowest BCUT2D eigenvalue weighted by Crippen LogP contribution is -3.00. The van der Waals surface area contributed by atoms with Gasteiger partial charge >= 0.3 is 0 Å². The summed E-state index contributed by atoms with van der Waals surface area (Å²) < 4.78 is 0.545. The molecule has 0 rings (SSSR count). The van der Waals surface area contributed by atoms with Gasteiger partial charge in [-0.2, -0.15) is 5.01 Å². The molecule has 4 heteroatoms. The number of carbonyl (C=O) groups is 1. The van der Waals surface area contributed by atoms with Gasteiger partial charge in [-0.3, -0.25) is 4.79 Å². The third kappa shape index (κ3) is 4.24. The molecule has 0 radical (unpaired) electrons. The molecule has 1 amide bonds.